The van der Waals surface area contributed by atoms with Gasteiger partial charge in [0.1, 0.15) is 6.61 Å². The van der Waals surface area contributed by atoms with Gasteiger partial charge >= 0.3 is 0 Å². The summed E-state index contributed by atoms with van der Waals surface area (Å²) in [5.74, 6) is 1.03. The van der Waals surface area contributed by atoms with Crippen LogP contribution in [0, 0.1) is 0 Å². The van der Waals surface area contributed by atoms with E-state index in [2.05, 4.69) is 10.1 Å². The highest BCUT2D eigenvalue weighted by molar-refractivity contribution is 5.57. The standard InChI is InChI=1S/C12H15N3O2/c1-8(2)16-7-11-14-12(15-17-11)9-3-5-10(13)6-4-9/h3-6,8H,7,13H2,1-2H3. The summed E-state index contributed by atoms with van der Waals surface area (Å²) in [5, 5.41) is 3.89. The maximum Gasteiger partial charge on any atom is 0.252 e. The first-order valence-corrected chi connectivity index (χ1v) is 5.45. The van der Waals surface area contributed by atoms with Gasteiger partial charge in [-0.2, -0.15) is 4.98 Å². The quantitative estimate of drug-likeness (QED) is 0.820. The molecular weight excluding hydrogens is 218 g/mol. The third-order valence-electron chi connectivity index (χ3n) is 2.18. The fourth-order valence-corrected chi connectivity index (χ4v) is 1.30. The van der Waals surface area contributed by atoms with Gasteiger partial charge in [0.25, 0.3) is 5.89 Å². The van der Waals surface area contributed by atoms with Gasteiger partial charge in [0.05, 0.1) is 6.10 Å². The highest BCUT2D eigenvalue weighted by Gasteiger charge is 2.08. The number of nitrogens with zero attached hydrogens (tertiary/aromatic N) is 2. The Kier molecular flexibility index (Phi) is 3.39. The molecule has 2 N–H and O–H groups in total. The SMILES string of the molecule is CC(C)OCc1nc(-c2ccc(N)cc2)no1. The molecule has 0 atom stereocenters. The summed E-state index contributed by atoms with van der Waals surface area (Å²) in [7, 11) is 0. The van der Waals surface area contributed by atoms with E-state index in [4.69, 9.17) is 15.0 Å². The van der Waals surface area contributed by atoms with Crippen LogP contribution >= 0.6 is 0 Å². The molecule has 2 rings (SSSR count). The van der Waals surface area contributed by atoms with Gasteiger partial charge in [0, 0.05) is 11.3 Å². The monoisotopic (exact) mass is 233 g/mol. The van der Waals surface area contributed by atoms with E-state index in [0.717, 1.165) is 5.56 Å². The zero-order valence-corrected chi connectivity index (χ0v) is 9.88. The van der Waals surface area contributed by atoms with Gasteiger partial charge in [-0.25, -0.2) is 0 Å². The summed E-state index contributed by atoms with van der Waals surface area (Å²) >= 11 is 0. The van der Waals surface area contributed by atoms with Gasteiger partial charge in [-0.15, -0.1) is 0 Å². The van der Waals surface area contributed by atoms with Gasteiger partial charge in [0.15, 0.2) is 0 Å². The smallest absolute Gasteiger partial charge is 0.252 e. The molecule has 5 nitrogen and oxygen atoms in total. The van der Waals surface area contributed by atoms with Crippen molar-refractivity contribution in [1.82, 2.24) is 10.1 Å². The van der Waals surface area contributed by atoms with E-state index in [1.807, 2.05) is 26.0 Å². The maximum absolute atomic E-state index is 5.61. The molecule has 0 saturated carbocycles. The number of nitrogen functional groups attached to an aromatic ring is 1. The zero-order chi connectivity index (χ0) is 12.3. The number of hydrogen-bond donors (Lipinski definition) is 1. The highest BCUT2D eigenvalue weighted by atomic mass is 16.5. The molecule has 0 amide bonds. The lowest BCUT2D eigenvalue weighted by Crippen LogP contribution is -2.02. The third kappa shape index (κ3) is 3.04. The van der Waals surface area contributed by atoms with Crippen molar-refractivity contribution < 1.29 is 9.26 Å². The van der Waals surface area contributed by atoms with Crippen molar-refractivity contribution in [3.63, 3.8) is 0 Å². The van der Waals surface area contributed by atoms with Crippen LogP contribution in [0.1, 0.15) is 19.7 Å². The Bertz CT molecular complexity index is 477. The molecule has 2 aromatic rings. The summed E-state index contributed by atoms with van der Waals surface area (Å²) in [6.45, 7) is 4.24. The number of hydrogen-bond acceptors (Lipinski definition) is 5. The molecule has 0 fully saturated rings. The molecule has 1 heterocycles. The van der Waals surface area contributed by atoms with Crippen LogP contribution in [0.5, 0.6) is 0 Å². The minimum atomic E-state index is 0.141. The van der Waals surface area contributed by atoms with Crippen molar-refractivity contribution in [2.75, 3.05) is 5.73 Å². The number of nitrogens with two attached hydrogens (primary N) is 1. The van der Waals surface area contributed by atoms with Crippen molar-refractivity contribution in [3.05, 3.63) is 30.2 Å². The summed E-state index contributed by atoms with van der Waals surface area (Å²) in [6, 6.07) is 7.31. The maximum atomic E-state index is 5.61. The van der Waals surface area contributed by atoms with E-state index in [0.29, 0.717) is 24.0 Å². The molecular formula is C12H15N3O2. The topological polar surface area (TPSA) is 74.2 Å². The number of anilines is 1. The minimum Gasteiger partial charge on any atom is -0.399 e. The molecule has 0 unspecified atom stereocenters. The van der Waals surface area contributed by atoms with E-state index in [1.54, 1.807) is 12.1 Å². The van der Waals surface area contributed by atoms with Gasteiger partial charge in [-0.05, 0) is 38.1 Å². The predicted octanol–water partition coefficient (Wildman–Crippen LogP) is 2.24. The van der Waals surface area contributed by atoms with Crippen LogP contribution in [0.3, 0.4) is 0 Å². The summed E-state index contributed by atoms with van der Waals surface area (Å²) in [6.07, 6.45) is 0.141. The van der Waals surface area contributed by atoms with Crippen LogP contribution in [-0.4, -0.2) is 16.2 Å². The predicted molar refractivity (Wildman–Crippen MR) is 64.1 cm³/mol. The molecule has 0 spiro atoms. The van der Waals surface area contributed by atoms with E-state index in [1.165, 1.54) is 0 Å². The second-order valence-corrected chi connectivity index (χ2v) is 3.99. The average molecular weight is 233 g/mol. The van der Waals surface area contributed by atoms with E-state index in [9.17, 15) is 0 Å². The normalized spacial score (nSPS) is 11.0. The van der Waals surface area contributed by atoms with Crippen molar-refractivity contribution in [3.8, 4) is 11.4 Å². The second-order valence-electron chi connectivity index (χ2n) is 3.99. The van der Waals surface area contributed by atoms with Crippen LogP contribution in [0.25, 0.3) is 11.4 Å². The average Bonchev–Trinajstić information content (AvgIpc) is 2.76. The van der Waals surface area contributed by atoms with E-state index < -0.39 is 0 Å². The van der Waals surface area contributed by atoms with E-state index in [-0.39, 0.29) is 6.10 Å². The number of rotatable bonds is 4. The van der Waals surface area contributed by atoms with Crippen LogP contribution < -0.4 is 5.73 Å². The van der Waals surface area contributed by atoms with Crippen molar-refractivity contribution in [2.45, 2.75) is 26.6 Å². The Morgan fingerprint density at radius 3 is 2.65 bits per heavy atom. The molecule has 90 valence electrons. The van der Waals surface area contributed by atoms with Crippen molar-refractivity contribution >= 4 is 5.69 Å². The number of benzene rings is 1. The molecule has 0 radical (unpaired) electrons. The van der Waals surface area contributed by atoms with Crippen LogP contribution in [-0.2, 0) is 11.3 Å². The van der Waals surface area contributed by atoms with Gasteiger partial charge in [-0.3, -0.25) is 0 Å². The Balaban J connectivity index is 2.10. The molecule has 0 aliphatic carbocycles. The minimum absolute atomic E-state index is 0.141. The Labute approximate surface area is 99.6 Å². The lowest BCUT2D eigenvalue weighted by molar-refractivity contribution is 0.0485. The lowest BCUT2D eigenvalue weighted by atomic mass is 10.2. The Hall–Kier alpha value is -1.88. The molecule has 0 aliphatic heterocycles. The van der Waals surface area contributed by atoms with Gasteiger partial charge in [-0.1, -0.05) is 5.16 Å². The first-order chi connectivity index (χ1) is 8.15. The van der Waals surface area contributed by atoms with Crippen LogP contribution in [0.2, 0.25) is 0 Å². The van der Waals surface area contributed by atoms with Crippen LogP contribution in [0.15, 0.2) is 28.8 Å². The first-order valence-electron chi connectivity index (χ1n) is 5.45. The first kappa shape index (κ1) is 11.6. The van der Waals surface area contributed by atoms with Crippen molar-refractivity contribution in [2.24, 2.45) is 0 Å². The summed E-state index contributed by atoms with van der Waals surface area (Å²) in [5.41, 5.74) is 7.19. The molecule has 1 aromatic heterocycles. The van der Waals surface area contributed by atoms with Gasteiger partial charge < -0.3 is 15.0 Å². The fourth-order valence-electron chi connectivity index (χ4n) is 1.30. The summed E-state index contributed by atoms with van der Waals surface area (Å²) < 4.78 is 10.5. The highest BCUT2D eigenvalue weighted by Crippen LogP contribution is 2.17. The molecule has 1 aromatic carbocycles. The molecule has 0 aliphatic rings. The lowest BCUT2D eigenvalue weighted by Gasteiger charge is -2.02. The number of aromatic nitrogens is 2. The third-order valence-corrected chi connectivity index (χ3v) is 2.18. The van der Waals surface area contributed by atoms with Crippen LogP contribution in [0.4, 0.5) is 5.69 Å². The zero-order valence-electron chi connectivity index (χ0n) is 9.88. The Morgan fingerprint density at radius 1 is 1.29 bits per heavy atom. The molecule has 0 bridgehead atoms. The largest absolute Gasteiger partial charge is 0.399 e. The number of ether oxygens (including phenoxy) is 1. The molecule has 0 saturated heterocycles. The summed E-state index contributed by atoms with van der Waals surface area (Å²) in [4.78, 5) is 4.24. The Morgan fingerprint density at radius 2 is 2.00 bits per heavy atom. The van der Waals surface area contributed by atoms with Gasteiger partial charge in [0.2, 0.25) is 5.82 Å². The fraction of sp³-hybridized carbons (Fsp3) is 0.333. The van der Waals surface area contributed by atoms with E-state index >= 15 is 0 Å². The van der Waals surface area contributed by atoms with Crippen molar-refractivity contribution in [1.29, 1.82) is 0 Å². The molecule has 5 heteroatoms. The second kappa shape index (κ2) is 4.97. The molecule has 17 heavy (non-hydrogen) atoms.